The Labute approximate surface area is 163 Å². The van der Waals surface area contributed by atoms with Crippen molar-refractivity contribution >= 4 is 58.1 Å². The van der Waals surface area contributed by atoms with Gasteiger partial charge in [-0.15, -0.1) is 0 Å². The zero-order valence-corrected chi connectivity index (χ0v) is 15.5. The molecule has 1 aliphatic heterocycles. The van der Waals surface area contributed by atoms with E-state index in [4.69, 9.17) is 27.6 Å². The normalized spacial score (nSPS) is 15.8. The van der Waals surface area contributed by atoms with Gasteiger partial charge in [-0.25, -0.2) is 0 Å². The summed E-state index contributed by atoms with van der Waals surface area (Å²) in [4.78, 5) is 37.7. The van der Waals surface area contributed by atoms with Crippen LogP contribution in [0.15, 0.2) is 45.7 Å². The number of hydrogen-bond acceptors (Lipinski definition) is 5. The maximum absolute atomic E-state index is 12.4. The molecule has 9 heteroatoms. The fourth-order valence-electron chi connectivity index (χ4n) is 2.21. The maximum atomic E-state index is 12.4. The number of hydrogen-bond donors (Lipinski definition) is 1. The molecule has 26 heavy (non-hydrogen) atoms. The van der Waals surface area contributed by atoms with Gasteiger partial charge in [-0.3, -0.25) is 19.3 Å². The molecule has 1 N–H and O–H groups in total. The predicted octanol–water partition coefficient (Wildman–Crippen LogP) is 4.05. The Balaban J connectivity index is 1.58. The van der Waals surface area contributed by atoms with Gasteiger partial charge in [0.2, 0.25) is 0 Å². The average molecular weight is 411 g/mol. The highest BCUT2D eigenvalue weighted by molar-refractivity contribution is 8.18. The zero-order valence-electron chi connectivity index (χ0n) is 13.2. The summed E-state index contributed by atoms with van der Waals surface area (Å²) in [7, 11) is 0. The van der Waals surface area contributed by atoms with Crippen LogP contribution in [0.5, 0.6) is 0 Å². The average Bonchev–Trinajstić information content (AvgIpc) is 3.15. The van der Waals surface area contributed by atoms with E-state index in [1.807, 2.05) is 0 Å². The van der Waals surface area contributed by atoms with Crippen molar-refractivity contribution in [3.8, 4) is 0 Å². The van der Waals surface area contributed by atoms with Crippen molar-refractivity contribution < 1.29 is 18.8 Å². The standard InChI is InChI=1S/C17H12Cl2N2O4S/c18-11-3-1-10(2-4-11)9-13-16(23)21(17(24)26-13)8-7-20-15(22)12-5-6-14(19)25-12/h1-6,9H,7-8H2,(H,20,22)/b13-9+. The third kappa shape index (κ3) is 4.30. The van der Waals surface area contributed by atoms with Crippen molar-refractivity contribution in [1.29, 1.82) is 0 Å². The molecule has 2 aromatic rings. The van der Waals surface area contributed by atoms with Crippen LogP contribution in [-0.4, -0.2) is 35.0 Å². The highest BCUT2D eigenvalue weighted by Gasteiger charge is 2.34. The Morgan fingerprint density at radius 1 is 1.15 bits per heavy atom. The third-order valence-corrected chi connectivity index (χ3v) is 4.82. The second-order valence-electron chi connectivity index (χ2n) is 5.24. The van der Waals surface area contributed by atoms with Crippen molar-refractivity contribution in [2.24, 2.45) is 0 Å². The highest BCUT2D eigenvalue weighted by atomic mass is 35.5. The summed E-state index contributed by atoms with van der Waals surface area (Å²) >= 11 is 12.3. The lowest BCUT2D eigenvalue weighted by Gasteiger charge is -2.12. The molecule has 0 saturated carbocycles. The molecule has 0 aliphatic carbocycles. The Bertz CT molecular complexity index is 892. The Hall–Kier alpha value is -2.22. The highest BCUT2D eigenvalue weighted by Crippen LogP contribution is 2.32. The van der Waals surface area contributed by atoms with Gasteiger partial charge >= 0.3 is 0 Å². The SMILES string of the molecule is O=C(NCCN1C(=O)S/C(=C/c2ccc(Cl)cc2)C1=O)c1ccc(Cl)o1. The molecule has 1 saturated heterocycles. The Kier molecular flexibility index (Phi) is 5.70. The van der Waals surface area contributed by atoms with Gasteiger partial charge in [0.05, 0.1) is 4.91 Å². The summed E-state index contributed by atoms with van der Waals surface area (Å²) < 4.78 is 4.99. The molecule has 0 radical (unpaired) electrons. The molecule has 1 aromatic carbocycles. The van der Waals surface area contributed by atoms with Crippen LogP contribution < -0.4 is 5.32 Å². The number of amides is 3. The minimum Gasteiger partial charge on any atom is -0.440 e. The molecule has 3 amide bonds. The first-order valence-electron chi connectivity index (χ1n) is 7.48. The molecule has 6 nitrogen and oxygen atoms in total. The van der Waals surface area contributed by atoms with Gasteiger partial charge in [-0.1, -0.05) is 23.7 Å². The van der Waals surface area contributed by atoms with Gasteiger partial charge in [0, 0.05) is 18.1 Å². The first kappa shape index (κ1) is 18.6. The number of benzene rings is 1. The van der Waals surface area contributed by atoms with Gasteiger partial charge in [-0.2, -0.15) is 0 Å². The van der Waals surface area contributed by atoms with Crippen molar-refractivity contribution in [2.45, 2.75) is 0 Å². The molecule has 3 rings (SSSR count). The molecule has 0 unspecified atom stereocenters. The number of furan rings is 1. The number of nitrogens with one attached hydrogen (secondary N) is 1. The molecule has 1 aromatic heterocycles. The topological polar surface area (TPSA) is 79.6 Å². The van der Waals surface area contributed by atoms with Gasteiger partial charge in [0.1, 0.15) is 0 Å². The number of imide groups is 1. The molecule has 0 bridgehead atoms. The molecule has 0 spiro atoms. The molecule has 2 heterocycles. The second kappa shape index (κ2) is 7.99. The Morgan fingerprint density at radius 2 is 1.88 bits per heavy atom. The molecule has 1 fully saturated rings. The predicted molar refractivity (Wildman–Crippen MR) is 100 cm³/mol. The number of rotatable bonds is 5. The van der Waals surface area contributed by atoms with Crippen molar-refractivity contribution in [3.05, 3.63) is 62.9 Å². The fourth-order valence-corrected chi connectivity index (χ4v) is 3.34. The van der Waals surface area contributed by atoms with Crippen LogP contribution in [0.25, 0.3) is 6.08 Å². The molecule has 134 valence electrons. The number of carbonyl (C=O) groups excluding carboxylic acids is 3. The van der Waals surface area contributed by atoms with E-state index in [1.54, 1.807) is 30.3 Å². The van der Waals surface area contributed by atoms with Gasteiger partial charge in [-0.05, 0) is 59.3 Å². The smallest absolute Gasteiger partial charge is 0.293 e. The van der Waals surface area contributed by atoms with Crippen molar-refractivity contribution in [2.75, 3.05) is 13.1 Å². The van der Waals surface area contributed by atoms with Crippen molar-refractivity contribution in [1.82, 2.24) is 10.2 Å². The van der Waals surface area contributed by atoms with Crippen LogP contribution >= 0.6 is 35.0 Å². The van der Waals surface area contributed by atoms with Crippen molar-refractivity contribution in [3.63, 3.8) is 0 Å². The molecular formula is C17H12Cl2N2O4S. The van der Waals surface area contributed by atoms with Crippen LogP contribution in [0.1, 0.15) is 16.1 Å². The van der Waals surface area contributed by atoms with Gasteiger partial charge in [0.15, 0.2) is 11.0 Å². The fraction of sp³-hybridized carbons (Fsp3) is 0.118. The summed E-state index contributed by atoms with van der Waals surface area (Å²) in [6, 6.07) is 9.80. The monoisotopic (exact) mass is 410 g/mol. The lowest BCUT2D eigenvalue weighted by atomic mass is 10.2. The number of thioether (sulfide) groups is 1. The maximum Gasteiger partial charge on any atom is 0.293 e. The van der Waals surface area contributed by atoms with E-state index in [0.29, 0.717) is 9.93 Å². The minimum atomic E-state index is -0.472. The summed E-state index contributed by atoms with van der Waals surface area (Å²) in [5, 5.41) is 2.88. The lowest BCUT2D eigenvalue weighted by molar-refractivity contribution is -0.122. The lowest BCUT2D eigenvalue weighted by Crippen LogP contribution is -2.37. The quantitative estimate of drug-likeness (QED) is 0.751. The summed E-state index contributed by atoms with van der Waals surface area (Å²) in [6.45, 7) is 0.159. The molecule has 1 aliphatic rings. The van der Waals surface area contributed by atoms with Gasteiger partial charge < -0.3 is 9.73 Å². The summed E-state index contributed by atoms with van der Waals surface area (Å²) in [5.74, 6) is -0.808. The largest absolute Gasteiger partial charge is 0.440 e. The first-order chi connectivity index (χ1) is 12.4. The zero-order chi connectivity index (χ0) is 18.7. The van der Waals surface area contributed by atoms with Crippen LogP contribution in [0.3, 0.4) is 0 Å². The van der Waals surface area contributed by atoms with E-state index in [9.17, 15) is 14.4 Å². The summed E-state index contributed by atoms with van der Waals surface area (Å²) in [6.07, 6.45) is 1.63. The second-order valence-corrected chi connectivity index (χ2v) is 7.05. The van der Waals surface area contributed by atoms with Gasteiger partial charge in [0.25, 0.3) is 17.1 Å². The number of carbonyl (C=O) groups is 3. The third-order valence-electron chi connectivity index (χ3n) is 3.46. The number of nitrogens with zero attached hydrogens (tertiary/aromatic N) is 1. The van der Waals surface area contributed by atoms with Crippen LogP contribution in [0.2, 0.25) is 10.2 Å². The van der Waals surface area contributed by atoms with Crippen LogP contribution in [-0.2, 0) is 4.79 Å². The summed E-state index contributed by atoms with van der Waals surface area (Å²) in [5.41, 5.74) is 0.767. The van der Waals surface area contributed by atoms with Crippen LogP contribution in [0, 0.1) is 0 Å². The molecular weight excluding hydrogens is 399 g/mol. The van der Waals surface area contributed by atoms with E-state index < -0.39 is 11.8 Å². The van der Waals surface area contributed by atoms with E-state index in [-0.39, 0.29) is 29.3 Å². The van der Waals surface area contributed by atoms with E-state index >= 15 is 0 Å². The first-order valence-corrected chi connectivity index (χ1v) is 9.06. The number of halogens is 2. The minimum absolute atomic E-state index is 0.0583. The van der Waals surface area contributed by atoms with E-state index in [0.717, 1.165) is 22.2 Å². The van der Waals surface area contributed by atoms with E-state index in [2.05, 4.69) is 5.32 Å². The Morgan fingerprint density at radius 3 is 2.54 bits per heavy atom. The van der Waals surface area contributed by atoms with Crippen LogP contribution in [0.4, 0.5) is 4.79 Å². The van der Waals surface area contributed by atoms with E-state index in [1.165, 1.54) is 12.1 Å². The molecule has 0 atom stereocenters.